The van der Waals surface area contributed by atoms with Crippen molar-refractivity contribution in [1.29, 1.82) is 0 Å². The number of nitrogens with zero attached hydrogens (tertiary/aromatic N) is 3. The fraction of sp³-hybridized carbons (Fsp3) is 0.429. The van der Waals surface area contributed by atoms with E-state index in [9.17, 15) is 9.59 Å². The largest absolute Gasteiger partial charge is 0.456 e. The lowest BCUT2D eigenvalue weighted by molar-refractivity contribution is -0.138. The summed E-state index contributed by atoms with van der Waals surface area (Å²) < 4.78 is 43.1. The number of benzene rings is 2. The summed E-state index contributed by atoms with van der Waals surface area (Å²) in [7, 11) is 1.26. The third kappa shape index (κ3) is 5.53. The van der Waals surface area contributed by atoms with Crippen molar-refractivity contribution in [2.24, 2.45) is 5.92 Å². The van der Waals surface area contributed by atoms with E-state index in [0.29, 0.717) is 35.8 Å². The molecule has 2 aromatic carbocycles. The minimum absolute atomic E-state index is 0.0948. The molecule has 2 amide bonds. The van der Waals surface area contributed by atoms with Crippen molar-refractivity contribution in [2.45, 2.75) is 77.6 Å². The molecule has 4 aromatic rings. The smallest absolute Gasteiger partial charge is 0.407 e. The van der Waals surface area contributed by atoms with Gasteiger partial charge in [-0.15, -0.1) is 0 Å². The molecule has 2 aliphatic heterocycles. The van der Waals surface area contributed by atoms with Crippen molar-refractivity contribution in [3.8, 4) is 34.0 Å². The minimum Gasteiger partial charge on any atom is -0.456 e. The molecule has 0 radical (unpaired) electrons. The van der Waals surface area contributed by atoms with Crippen LogP contribution in [0, 0.1) is 18.7 Å². The van der Waals surface area contributed by atoms with Crippen LogP contribution in [0.4, 0.5) is 13.6 Å². The zero-order valence-corrected chi connectivity index (χ0v) is 27.6. The first-order chi connectivity index (χ1) is 22.2. The number of H-pyrrole nitrogens is 2. The maximum atomic E-state index is 16.4. The Labute approximate surface area is 272 Å². The molecule has 4 heterocycles. The van der Waals surface area contributed by atoms with Gasteiger partial charge in [-0.05, 0) is 57.7 Å². The SMILES string of the molecule is COC(=O)NC(C(=O)N1CCCC1(C)C(C)c1ncc(-c2cc3c(cc2F)C(C)(F)c2ccc(-c4cnc(C)[nH]4)cc2O3)[nH]1)C(C)C. The highest BCUT2D eigenvalue weighted by atomic mass is 19.1. The van der Waals surface area contributed by atoms with E-state index in [1.54, 1.807) is 30.6 Å². The molecule has 0 saturated carbocycles. The number of hydrogen-bond donors (Lipinski definition) is 3. The van der Waals surface area contributed by atoms with Crippen molar-refractivity contribution < 1.29 is 27.8 Å². The number of imidazole rings is 2. The third-order valence-electron chi connectivity index (χ3n) is 9.86. The number of rotatable bonds is 7. The number of likely N-dealkylation sites (tertiary alicyclic amines) is 1. The predicted octanol–water partition coefficient (Wildman–Crippen LogP) is 7.12. The highest BCUT2D eigenvalue weighted by Gasteiger charge is 2.47. The molecule has 3 N–H and O–H groups in total. The Balaban J connectivity index is 1.29. The van der Waals surface area contributed by atoms with Crippen LogP contribution in [0.25, 0.3) is 22.5 Å². The van der Waals surface area contributed by atoms with Gasteiger partial charge in [-0.2, -0.15) is 0 Å². The molecule has 0 spiro atoms. The molecule has 10 nitrogen and oxygen atoms in total. The van der Waals surface area contributed by atoms with E-state index in [-0.39, 0.29) is 34.6 Å². The molecule has 1 saturated heterocycles. The van der Waals surface area contributed by atoms with Crippen molar-refractivity contribution in [1.82, 2.24) is 30.2 Å². The van der Waals surface area contributed by atoms with Gasteiger partial charge < -0.3 is 29.7 Å². The van der Waals surface area contributed by atoms with Crippen molar-refractivity contribution in [2.75, 3.05) is 13.7 Å². The summed E-state index contributed by atoms with van der Waals surface area (Å²) in [6.07, 6.45) is 4.08. The van der Waals surface area contributed by atoms with Gasteiger partial charge in [-0.25, -0.2) is 23.5 Å². The number of alkyl halides is 1. The van der Waals surface area contributed by atoms with E-state index < -0.39 is 29.2 Å². The number of alkyl carbamates (subject to hydrolysis) is 1. The Morgan fingerprint density at radius 1 is 1.04 bits per heavy atom. The zero-order chi connectivity index (χ0) is 33.8. The van der Waals surface area contributed by atoms with Crippen LogP contribution in [-0.2, 0) is 15.2 Å². The van der Waals surface area contributed by atoms with Crippen LogP contribution in [0.2, 0.25) is 0 Å². The normalized spacial score (nSPS) is 21.5. The van der Waals surface area contributed by atoms with Crippen LogP contribution >= 0.6 is 0 Å². The van der Waals surface area contributed by atoms with Crippen LogP contribution < -0.4 is 10.1 Å². The lowest BCUT2D eigenvalue weighted by atomic mass is 9.83. The number of fused-ring (bicyclic) bond motifs is 2. The molecular formula is C35H40F2N6O4. The maximum absolute atomic E-state index is 16.4. The molecule has 2 aliphatic rings. The quantitative estimate of drug-likeness (QED) is 0.196. The number of aryl methyl sites for hydroxylation is 1. The van der Waals surface area contributed by atoms with Gasteiger partial charge in [0.15, 0.2) is 5.67 Å². The van der Waals surface area contributed by atoms with Gasteiger partial charge in [-0.3, -0.25) is 4.79 Å². The van der Waals surface area contributed by atoms with Gasteiger partial charge in [-0.1, -0.05) is 32.9 Å². The van der Waals surface area contributed by atoms with Crippen molar-refractivity contribution in [3.05, 3.63) is 71.3 Å². The van der Waals surface area contributed by atoms with E-state index >= 15 is 8.78 Å². The Morgan fingerprint density at radius 3 is 2.45 bits per heavy atom. The summed E-state index contributed by atoms with van der Waals surface area (Å²) in [4.78, 5) is 42.9. The molecule has 1 fully saturated rings. The Bertz CT molecular complexity index is 1850. The maximum Gasteiger partial charge on any atom is 0.407 e. The number of aromatic nitrogens is 4. The first kappa shape index (κ1) is 32.2. The molecule has 2 aromatic heterocycles. The van der Waals surface area contributed by atoms with E-state index in [1.807, 2.05) is 39.5 Å². The van der Waals surface area contributed by atoms with Crippen LogP contribution in [0.5, 0.6) is 11.5 Å². The number of nitrogens with one attached hydrogen (secondary N) is 3. The van der Waals surface area contributed by atoms with E-state index in [2.05, 4.69) is 25.3 Å². The van der Waals surface area contributed by atoms with Crippen LogP contribution in [0.3, 0.4) is 0 Å². The van der Waals surface area contributed by atoms with Gasteiger partial charge in [0.05, 0.1) is 30.9 Å². The molecule has 6 rings (SSSR count). The van der Waals surface area contributed by atoms with Gasteiger partial charge in [0, 0.05) is 40.3 Å². The average Bonchev–Trinajstić information content (AvgIpc) is 3.79. The van der Waals surface area contributed by atoms with Crippen molar-refractivity contribution in [3.63, 3.8) is 0 Å². The number of carbonyl (C=O) groups excluding carboxylic acids is 2. The van der Waals surface area contributed by atoms with E-state index in [1.165, 1.54) is 26.2 Å². The molecule has 4 atom stereocenters. The first-order valence-electron chi connectivity index (χ1n) is 15.8. The Kier molecular flexibility index (Phi) is 8.09. The van der Waals surface area contributed by atoms with E-state index in [0.717, 1.165) is 23.5 Å². The van der Waals surface area contributed by atoms with Gasteiger partial charge >= 0.3 is 6.09 Å². The highest BCUT2D eigenvalue weighted by Crippen LogP contribution is 2.51. The second-order valence-corrected chi connectivity index (χ2v) is 13.2. The Hall–Kier alpha value is -4.74. The molecule has 0 aliphatic carbocycles. The molecule has 12 heteroatoms. The van der Waals surface area contributed by atoms with Gasteiger partial charge in [0.2, 0.25) is 5.91 Å². The number of ether oxygens (including phenoxy) is 2. The van der Waals surface area contributed by atoms with E-state index in [4.69, 9.17) is 9.47 Å². The lowest BCUT2D eigenvalue weighted by Gasteiger charge is -2.41. The number of halogens is 2. The number of carbonyl (C=O) groups is 2. The topological polar surface area (TPSA) is 125 Å². The molecule has 47 heavy (non-hydrogen) atoms. The molecule has 248 valence electrons. The monoisotopic (exact) mass is 646 g/mol. The number of amides is 2. The minimum atomic E-state index is -2.00. The second-order valence-electron chi connectivity index (χ2n) is 13.2. The summed E-state index contributed by atoms with van der Waals surface area (Å²) in [5.41, 5.74) is -0.0858. The summed E-state index contributed by atoms with van der Waals surface area (Å²) in [5.74, 6) is 0.628. The second kappa shape index (κ2) is 11.8. The molecular weight excluding hydrogens is 606 g/mol. The zero-order valence-electron chi connectivity index (χ0n) is 27.6. The fourth-order valence-corrected chi connectivity index (χ4v) is 6.86. The average molecular weight is 647 g/mol. The first-order valence-corrected chi connectivity index (χ1v) is 15.8. The van der Waals surface area contributed by atoms with Crippen LogP contribution in [0.15, 0.2) is 42.7 Å². The van der Waals surface area contributed by atoms with Crippen molar-refractivity contribution >= 4 is 12.0 Å². The van der Waals surface area contributed by atoms with Gasteiger partial charge in [0.25, 0.3) is 0 Å². The highest BCUT2D eigenvalue weighted by molar-refractivity contribution is 5.87. The molecule has 0 bridgehead atoms. The summed E-state index contributed by atoms with van der Waals surface area (Å²) in [6, 6.07) is 7.12. The van der Waals surface area contributed by atoms with Gasteiger partial charge in [0.1, 0.15) is 35.0 Å². The predicted molar refractivity (Wildman–Crippen MR) is 172 cm³/mol. The Morgan fingerprint density at radius 2 is 1.77 bits per heavy atom. The number of methoxy groups -OCH3 is 1. The molecule has 4 unspecified atom stereocenters. The standard InChI is InChI=1S/C35H40F2N6O4/c1-18(2)30(42-33(45)46-7)32(44)43-12-8-11-34(43,5)19(3)31-39-17-27(41-31)22-14-29-24(15-25(22)36)35(6,37)23-10-9-21(13-28(23)47-29)26-16-38-20(4)40-26/h9-10,13-19,30H,8,11-12H2,1-7H3,(H,38,40)(H,39,41)(H,42,45). The summed E-state index contributed by atoms with van der Waals surface area (Å²) in [6.45, 7) is 11.5. The van der Waals surface area contributed by atoms with Crippen LogP contribution in [0.1, 0.15) is 76.2 Å². The van der Waals surface area contributed by atoms with Crippen LogP contribution in [-0.4, -0.2) is 62.1 Å². The summed E-state index contributed by atoms with van der Waals surface area (Å²) >= 11 is 0. The third-order valence-corrected chi connectivity index (χ3v) is 9.86. The lowest BCUT2D eigenvalue weighted by Crippen LogP contribution is -2.57. The fourth-order valence-electron chi connectivity index (χ4n) is 6.86. The summed E-state index contributed by atoms with van der Waals surface area (Å²) in [5, 5.41) is 2.68. The number of hydrogen-bond acceptors (Lipinski definition) is 6. The number of aromatic amines is 2.